The molecular weight excluding hydrogens is 256 g/mol. The molecule has 1 saturated heterocycles. The Kier molecular flexibility index (Phi) is 4.45. The summed E-state index contributed by atoms with van der Waals surface area (Å²) in [7, 11) is 0. The van der Waals surface area contributed by atoms with Crippen LogP contribution >= 0.6 is 0 Å². The van der Waals surface area contributed by atoms with E-state index in [-0.39, 0.29) is 17.6 Å². The van der Waals surface area contributed by atoms with Gasteiger partial charge in [0.05, 0.1) is 23.4 Å². The lowest BCUT2D eigenvalue weighted by molar-refractivity contribution is 0.0727. The lowest BCUT2D eigenvalue weighted by Gasteiger charge is -2.28. The van der Waals surface area contributed by atoms with Crippen molar-refractivity contribution in [3.63, 3.8) is 0 Å². The normalized spacial score (nSPS) is 25.9. The van der Waals surface area contributed by atoms with Crippen LogP contribution in [-0.2, 0) is 11.3 Å². The highest BCUT2D eigenvalue weighted by molar-refractivity contribution is 5.95. The Morgan fingerprint density at radius 2 is 2.45 bits per heavy atom. The Hall–Kier alpha value is -1.40. The molecule has 0 aromatic carbocycles. The number of ether oxygens (including phenoxy) is 1. The first-order valence-electron chi connectivity index (χ1n) is 7.14. The van der Waals surface area contributed by atoms with E-state index < -0.39 is 0 Å². The van der Waals surface area contributed by atoms with Crippen molar-refractivity contribution in [2.24, 2.45) is 5.73 Å². The van der Waals surface area contributed by atoms with Gasteiger partial charge < -0.3 is 15.8 Å². The number of aryl methyl sites for hydroxylation is 1. The molecule has 0 aliphatic carbocycles. The van der Waals surface area contributed by atoms with E-state index in [1.165, 1.54) is 0 Å². The zero-order valence-electron chi connectivity index (χ0n) is 12.5. The number of nitrogens with one attached hydrogen (secondary N) is 1. The minimum atomic E-state index is -0.303. The Balaban J connectivity index is 2.08. The van der Waals surface area contributed by atoms with Gasteiger partial charge in [-0.15, -0.1) is 0 Å². The lowest BCUT2D eigenvalue weighted by atomic mass is 9.94. The second-order valence-electron chi connectivity index (χ2n) is 5.64. The molecule has 20 heavy (non-hydrogen) atoms. The van der Waals surface area contributed by atoms with Crippen LogP contribution < -0.4 is 11.1 Å². The van der Waals surface area contributed by atoms with Gasteiger partial charge in [-0.25, -0.2) is 0 Å². The first-order chi connectivity index (χ1) is 9.48. The van der Waals surface area contributed by atoms with Crippen LogP contribution in [0, 0.1) is 6.92 Å². The van der Waals surface area contributed by atoms with E-state index in [1.54, 1.807) is 6.20 Å². The summed E-state index contributed by atoms with van der Waals surface area (Å²) >= 11 is 0. The number of carbonyl (C=O) groups excluding carboxylic acids is 1. The molecule has 1 aromatic heterocycles. The number of hydrogen-bond donors (Lipinski definition) is 2. The number of carbonyl (C=O) groups is 1. The topological polar surface area (TPSA) is 82.2 Å². The Bertz CT molecular complexity index is 486. The molecule has 3 N–H and O–H groups in total. The molecular formula is C14H24N4O2. The van der Waals surface area contributed by atoms with E-state index in [1.807, 2.05) is 25.5 Å². The third-order valence-electron chi connectivity index (χ3n) is 4.21. The fraction of sp³-hybridized carbons (Fsp3) is 0.714. The first-order valence-corrected chi connectivity index (χ1v) is 7.14. The Morgan fingerprint density at radius 3 is 3.05 bits per heavy atom. The molecule has 2 unspecified atom stereocenters. The number of hydrogen-bond acceptors (Lipinski definition) is 4. The second-order valence-corrected chi connectivity index (χ2v) is 5.64. The maximum atomic E-state index is 12.4. The van der Waals surface area contributed by atoms with Crippen molar-refractivity contribution in [2.75, 3.05) is 13.2 Å². The minimum absolute atomic E-state index is 0.0269. The van der Waals surface area contributed by atoms with Crippen molar-refractivity contribution in [3.05, 3.63) is 17.5 Å². The minimum Gasteiger partial charge on any atom is -0.376 e. The van der Waals surface area contributed by atoms with Crippen molar-refractivity contribution in [2.45, 2.75) is 51.8 Å². The van der Waals surface area contributed by atoms with Crippen molar-refractivity contribution in [3.8, 4) is 0 Å². The van der Waals surface area contributed by atoms with Gasteiger partial charge in [-0.05, 0) is 40.2 Å². The van der Waals surface area contributed by atoms with Gasteiger partial charge in [0.15, 0.2) is 0 Å². The molecule has 0 bridgehead atoms. The van der Waals surface area contributed by atoms with Crippen LogP contribution in [0.25, 0.3) is 0 Å². The van der Waals surface area contributed by atoms with Crippen LogP contribution in [0.1, 0.15) is 42.7 Å². The molecule has 1 amide bonds. The number of aromatic nitrogens is 2. The van der Waals surface area contributed by atoms with Gasteiger partial charge in [0.25, 0.3) is 5.91 Å². The molecule has 2 heterocycles. The fourth-order valence-corrected chi connectivity index (χ4v) is 2.46. The monoisotopic (exact) mass is 280 g/mol. The van der Waals surface area contributed by atoms with Gasteiger partial charge in [0, 0.05) is 18.8 Å². The summed E-state index contributed by atoms with van der Waals surface area (Å²) in [5, 5.41) is 7.35. The molecule has 1 fully saturated rings. The van der Waals surface area contributed by atoms with E-state index in [0.717, 1.165) is 25.1 Å². The number of amides is 1. The second kappa shape index (κ2) is 5.93. The third-order valence-corrected chi connectivity index (χ3v) is 4.21. The number of nitrogens with zero attached hydrogens (tertiary/aromatic N) is 2. The van der Waals surface area contributed by atoms with Crippen LogP contribution in [0.2, 0.25) is 0 Å². The standard InChI is InChI=1S/C14H24N4O2/c1-10-12(9-16-18(10)7-4-6-15)13(19)17-14(3)5-8-20-11(14)2/h9,11H,4-8,15H2,1-3H3,(H,17,19). The molecule has 112 valence electrons. The molecule has 1 aromatic rings. The number of rotatable bonds is 5. The fourth-order valence-electron chi connectivity index (χ4n) is 2.46. The van der Waals surface area contributed by atoms with Crippen LogP contribution in [0.5, 0.6) is 0 Å². The summed E-state index contributed by atoms with van der Waals surface area (Å²) in [6.45, 7) is 7.98. The summed E-state index contributed by atoms with van der Waals surface area (Å²) in [6.07, 6.45) is 3.34. The van der Waals surface area contributed by atoms with Gasteiger partial charge in [0.2, 0.25) is 0 Å². The molecule has 1 aliphatic heterocycles. The first kappa shape index (κ1) is 15.0. The van der Waals surface area contributed by atoms with Gasteiger partial charge in [0.1, 0.15) is 0 Å². The van der Waals surface area contributed by atoms with Crippen LogP contribution in [0.4, 0.5) is 0 Å². The molecule has 2 atom stereocenters. The average Bonchev–Trinajstić information content (AvgIpc) is 2.92. The van der Waals surface area contributed by atoms with Gasteiger partial charge in [-0.1, -0.05) is 0 Å². The highest BCUT2D eigenvalue weighted by Crippen LogP contribution is 2.25. The molecule has 1 aliphatic rings. The van der Waals surface area contributed by atoms with Crippen molar-refractivity contribution < 1.29 is 9.53 Å². The Labute approximate surface area is 119 Å². The predicted octanol–water partition coefficient (Wildman–Crippen LogP) is 0.838. The molecule has 6 heteroatoms. The van der Waals surface area contributed by atoms with E-state index in [4.69, 9.17) is 10.5 Å². The molecule has 0 spiro atoms. The van der Waals surface area contributed by atoms with Crippen LogP contribution in [0.15, 0.2) is 6.20 Å². The van der Waals surface area contributed by atoms with E-state index >= 15 is 0 Å². The lowest BCUT2D eigenvalue weighted by Crippen LogP contribution is -2.50. The summed E-state index contributed by atoms with van der Waals surface area (Å²) in [6, 6.07) is 0. The zero-order chi connectivity index (χ0) is 14.8. The molecule has 0 radical (unpaired) electrons. The third kappa shape index (κ3) is 2.86. The predicted molar refractivity (Wildman–Crippen MR) is 76.5 cm³/mol. The summed E-state index contributed by atoms with van der Waals surface area (Å²) in [4.78, 5) is 12.4. The summed E-state index contributed by atoms with van der Waals surface area (Å²) in [5.74, 6) is -0.0821. The SMILES string of the molecule is Cc1c(C(=O)NC2(C)CCOC2C)cnn1CCCN. The smallest absolute Gasteiger partial charge is 0.255 e. The van der Waals surface area contributed by atoms with Crippen LogP contribution in [-0.4, -0.2) is 40.5 Å². The van der Waals surface area contributed by atoms with Crippen LogP contribution in [0.3, 0.4) is 0 Å². The van der Waals surface area contributed by atoms with Crippen molar-refractivity contribution >= 4 is 5.91 Å². The van der Waals surface area contributed by atoms with Crippen molar-refractivity contribution in [1.29, 1.82) is 0 Å². The molecule has 6 nitrogen and oxygen atoms in total. The zero-order valence-corrected chi connectivity index (χ0v) is 12.5. The highest BCUT2D eigenvalue weighted by atomic mass is 16.5. The van der Waals surface area contributed by atoms with E-state index in [0.29, 0.717) is 18.7 Å². The van der Waals surface area contributed by atoms with Crippen molar-refractivity contribution in [1.82, 2.24) is 15.1 Å². The maximum Gasteiger partial charge on any atom is 0.255 e. The van der Waals surface area contributed by atoms with Gasteiger partial charge in [-0.2, -0.15) is 5.10 Å². The largest absolute Gasteiger partial charge is 0.376 e. The van der Waals surface area contributed by atoms with E-state index in [9.17, 15) is 4.79 Å². The number of nitrogens with two attached hydrogens (primary N) is 1. The average molecular weight is 280 g/mol. The van der Waals surface area contributed by atoms with E-state index in [2.05, 4.69) is 10.4 Å². The summed E-state index contributed by atoms with van der Waals surface area (Å²) < 4.78 is 7.38. The van der Waals surface area contributed by atoms with Gasteiger partial charge >= 0.3 is 0 Å². The molecule has 2 rings (SSSR count). The summed E-state index contributed by atoms with van der Waals surface area (Å²) in [5.41, 5.74) is 6.71. The molecule has 0 saturated carbocycles. The maximum absolute atomic E-state index is 12.4. The highest BCUT2D eigenvalue weighted by Gasteiger charge is 2.38. The quantitative estimate of drug-likeness (QED) is 0.837. The Morgan fingerprint density at radius 1 is 1.70 bits per heavy atom. The van der Waals surface area contributed by atoms with Gasteiger partial charge in [-0.3, -0.25) is 9.48 Å².